The standard InChI is InChI=1S/C24H42N3O5PS/c1-24(2,3)27(23(28)29)21(20-34-22-10-7-6-8-11-22)12-14-26-17-15-25(16-18-26)13-9-19-33(30,31-4)32-5/h6-8,10-11,21H,9,12-20H2,1-5H3,(H,28,29)/t21-/m1/s1. The van der Waals surface area contributed by atoms with Crippen molar-refractivity contribution in [3.05, 3.63) is 30.3 Å². The number of amides is 1. The maximum atomic E-state index is 12.2. The summed E-state index contributed by atoms with van der Waals surface area (Å²) in [5.41, 5.74) is -0.462. The predicted octanol–water partition coefficient (Wildman–Crippen LogP) is 4.81. The molecule has 2 rings (SSSR count). The minimum absolute atomic E-state index is 0.0713. The van der Waals surface area contributed by atoms with E-state index in [0.717, 1.165) is 62.8 Å². The van der Waals surface area contributed by atoms with Crippen LogP contribution in [0.15, 0.2) is 35.2 Å². The van der Waals surface area contributed by atoms with Gasteiger partial charge in [0.1, 0.15) is 0 Å². The van der Waals surface area contributed by atoms with Crippen LogP contribution in [0.5, 0.6) is 0 Å². The van der Waals surface area contributed by atoms with Gasteiger partial charge >= 0.3 is 13.7 Å². The van der Waals surface area contributed by atoms with E-state index >= 15 is 0 Å². The van der Waals surface area contributed by atoms with Crippen molar-refractivity contribution in [2.45, 2.75) is 50.1 Å². The minimum atomic E-state index is -2.93. The average Bonchev–Trinajstić information content (AvgIpc) is 2.81. The first-order valence-corrected chi connectivity index (χ1v) is 14.6. The lowest BCUT2D eigenvalue weighted by atomic mass is 10.0. The van der Waals surface area contributed by atoms with Gasteiger partial charge < -0.3 is 24.0 Å². The Bertz CT molecular complexity index is 777. The maximum Gasteiger partial charge on any atom is 0.408 e. The van der Waals surface area contributed by atoms with E-state index in [1.807, 2.05) is 39.0 Å². The molecule has 1 atom stereocenters. The molecule has 0 aliphatic carbocycles. The molecule has 1 saturated heterocycles. The highest BCUT2D eigenvalue weighted by molar-refractivity contribution is 7.99. The summed E-state index contributed by atoms with van der Waals surface area (Å²) in [6, 6.07) is 10.1. The highest BCUT2D eigenvalue weighted by Gasteiger charge is 2.33. The van der Waals surface area contributed by atoms with Gasteiger partial charge in [0.25, 0.3) is 0 Å². The van der Waals surface area contributed by atoms with Crippen LogP contribution in [0.25, 0.3) is 0 Å². The first-order valence-electron chi connectivity index (χ1n) is 11.9. The Labute approximate surface area is 209 Å². The normalized spacial score (nSPS) is 17.0. The topological polar surface area (TPSA) is 82.6 Å². The molecule has 1 fully saturated rings. The van der Waals surface area contributed by atoms with E-state index in [4.69, 9.17) is 9.05 Å². The largest absolute Gasteiger partial charge is 0.465 e. The van der Waals surface area contributed by atoms with Gasteiger partial charge in [-0.15, -0.1) is 11.8 Å². The lowest BCUT2D eigenvalue weighted by molar-refractivity contribution is 0.0654. The Morgan fingerprint density at radius 1 is 1.09 bits per heavy atom. The van der Waals surface area contributed by atoms with Crippen LogP contribution in [0, 0.1) is 0 Å². The first kappa shape index (κ1) is 29.1. The molecule has 0 spiro atoms. The van der Waals surface area contributed by atoms with Gasteiger partial charge in [0, 0.05) is 69.2 Å². The van der Waals surface area contributed by atoms with Crippen LogP contribution < -0.4 is 0 Å². The van der Waals surface area contributed by atoms with Crippen molar-refractivity contribution in [2.75, 3.05) is 65.4 Å². The van der Waals surface area contributed by atoms with E-state index in [1.54, 1.807) is 16.7 Å². The van der Waals surface area contributed by atoms with Crippen LogP contribution in [0.1, 0.15) is 33.6 Å². The lowest BCUT2D eigenvalue weighted by Crippen LogP contribution is -2.54. The van der Waals surface area contributed by atoms with Gasteiger partial charge in [0.15, 0.2) is 0 Å². The molecule has 1 aromatic carbocycles. The van der Waals surface area contributed by atoms with Crippen LogP contribution >= 0.6 is 19.4 Å². The Morgan fingerprint density at radius 3 is 2.15 bits per heavy atom. The molecule has 1 heterocycles. The lowest BCUT2D eigenvalue weighted by Gasteiger charge is -2.41. The molecular weight excluding hydrogens is 473 g/mol. The summed E-state index contributed by atoms with van der Waals surface area (Å²) in [5.74, 6) is 0.729. The average molecular weight is 516 g/mol. The monoisotopic (exact) mass is 515 g/mol. The second-order valence-electron chi connectivity index (χ2n) is 9.63. The SMILES string of the molecule is COP(=O)(CCCN1CCN(CC[C@H](CSc2ccccc2)N(C(=O)O)C(C)(C)C)CC1)OC. The maximum absolute atomic E-state index is 12.2. The molecule has 1 aromatic rings. The second kappa shape index (κ2) is 13.9. The number of nitrogens with zero attached hydrogens (tertiary/aromatic N) is 3. The molecule has 0 radical (unpaired) electrons. The fourth-order valence-corrected chi connectivity index (χ4v) is 6.39. The summed E-state index contributed by atoms with van der Waals surface area (Å²) in [5, 5.41) is 9.98. The molecule has 8 nitrogen and oxygen atoms in total. The van der Waals surface area contributed by atoms with E-state index in [2.05, 4.69) is 21.9 Å². The fraction of sp³-hybridized carbons (Fsp3) is 0.708. The fourth-order valence-electron chi connectivity index (χ4n) is 4.30. The predicted molar refractivity (Wildman–Crippen MR) is 139 cm³/mol. The molecule has 194 valence electrons. The number of benzene rings is 1. The number of hydrogen-bond donors (Lipinski definition) is 1. The van der Waals surface area contributed by atoms with E-state index < -0.39 is 19.2 Å². The zero-order chi connectivity index (χ0) is 25.2. The van der Waals surface area contributed by atoms with Crippen molar-refractivity contribution < 1.29 is 23.5 Å². The number of carbonyl (C=O) groups is 1. The third-order valence-corrected chi connectivity index (χ3v) is 9.32. The van der Waals surface area contributed by atoms with Crippen LogP contribution in [0.2, 0.25) is 0 Å². The van der Waals surface area contributed by atoms with Crippen molar-refractivity contribution in [3.63, 3.8) is 0 Å². The Kier molecular flexibility index (Phi) is 11.9. The smallest absolute Gasteiger partial charge is 0.408 e. The summed E-state index contributed by atoms with van der Waals surface area (Å²) < 4.78 is 22.2. The van der Waals surface area contributed by atoms with Crippen LogP contribution in [0.3, 0.4) is 0 Å². The van der Waals surface area contributed by atoms with Gasteiger partial charge in [-0.25, -0.2) is 4.79 Å². The summed E-state index contributed by atoms with van der Waals surface area (Å²) in [7, 11) is -0.0742. The molecule has 0 bridgehead atoms. The highest BCUT2D eigenvalue weighted by Crippen LogP contribution is 2.46. The molecule has 0 aromatic heterocycles. The number of hydrogen-bond acceptors (Lipinski definition) is 7. The Hall–Kier alpha value is -1.09. The number of carboxylic acid groups (broad SMARTS) is 1. The third-order valence-electron chi connectivity index (χ3n) is 6.19. The molecule has 1 amide bonds. The third kappa shape index (κ3) is 9.51. The number of thioether (sulfide) groups is 1. The molecule has 0 unspecified atom stereocenters. The van der Waals surface area contributed by atoms with Crippen LogP contribution in [-0.2, 0) is 13.6 Å². The molecule has 0 saturated carbocycles. The van der Waals surface area contributed by atoms with Gasteiger partial charge in [-0.2, -0.15) is 0 Å². The first-order chi connectivity index (χ1) is 16.1. The zero-order valence-corrected chi connectivity index (χ0v) is 23.0. The second-order valence-corrected chi connectivity index (χ2v) is 13.1. The van der Waals surface area contributed by atoms with E-state index in [9.17, 15) is 14.5 Å². The molecule has 1 aliphatic heterocycles. The molecule has 10 heteroatoms. The molecule has 1 N–H and O–H groups in total. The highest BCUT2D eigenvalue weighted by atomic mass is 32.2. The summed E-state index contributed by atoms with van der Waals surface area (Å²) in [6.45, 7) is 11.4. The van der Waals surface area contributed by atoms with Gasteiger partial charge in [-0.3, -0.25) is 9.46 Å². The quantitative estimate of drug-likeness (QED) is 0.296. The molecule has 1 aliphatic rings. The summed E-state index contributed by atoms with van der Waals surface area (Å²) in [6.07, 6.45) is 1.14. The molecule has 34 heavy (non-hydrogen) atoms. The number of piperazine rings is 1. The van der Waals surface area contributed by atoms with Crippen LogP contribution in [-0.4, -0.2) is 103 Å². The summed E-state index contributed by atoms with van der Waals surface area (Å²) >= 11 is 1.72. The van der Waals surface area contributed by atoms with Crippen molar-refractivity contribution >= 4 is 25.5 Å². The van der Waals surface area contributed by atoms with Gasteiger partial charge in [0.05, 0.1) is 6.16 Å². The Balaban J connectivity index is 1.87. The van der Waals surface area contributed by atoms with Crippen LogP contribution in [0.4, 0.5) is 4.79 Å². The van der Waals surface area contributed by atoms with Gasteiger partial charge in [0.2, 0.25) is 0 Å². The zero-order valence-electron chi connectivity index (χ0n) is 21.3. The summed E-state index contributed by atoms with van der Waals surface area (Å²) in [4.78, 5) is 19.8. The Morgan fingerprint density at radius 2 is 1.65 bits per heavy atom. The van der Waals surface area contributed by atoms with Crippen molar-refractivity contribution in [1.29, 1.82) is 0 Å². The van der Waals surface area contributed by atoms with E-state index in [-0.39, 0.29) is 6.04 Å². The van der Waals surface area contributed by atoms with E-state index in [1.165, 1.54) is 14.2 Å². The molecular formula is C24H42N3O5PS. The minimum Gasteiger partial charge on any atom is -0.465 e. The van der Waals surface area contributed by atoms with Gasteiger partial charge in [-0.05, 0) is 52.3 Å². The van der Waals surface area contributed by atoms with Crippen molar-refractivity contribution in [1.82, 2.24) is 14.7 Å². The van der Waals surface area contributed by atoms with E-state index in [0.29, 0.717) is 6.16 Å². The number of rotatable bonds is 13. The van der Waals surface area contributed by atoms with Crippen molar-refractivity contribution in [3.8, 4) is 0 Å². The van der Waals surface area contributed by atoms with Gasteiger partial charge in [-0.1, -0.05) is 18.2 Å². The van der Waals surface area contributed by atoms with Crippen molar-refractivity contribution in [2.24, 2.45) is 0 Å².